The number of benzene rings is 1. The van der Waals surface area contributed by atoms with Crippen molar-refractivity contribution in [1.82, 2.24) is 5.32 Å². The van der Waals surface area contributed by atoms with Gasteiger partial charge in [0, 0.05) is 24.7 Å². The Labute approximate surface area is 230 Å². The predicted molar refractivity (Wildman–Crippen MR) is 146 cm³/mol. The fraction of sp³-hybridized carbons (Fsp3) is 0.625. The number of ether oxygens (including phenoxy) is 1. The van der Waals surface area contributed by atoms with Crippen LogP contribution in [-0.2, 0) is 30.3 Å². The molecule has 7 atom stereocenters. The summed E-state index contributed by atoms with van der Waals surface area (Å²) in [6.07, 6.45) is 9.51. The minimum absolute atomic E-state index is 0.0624. The number of rotatable bonds is 8. The molecule has 39 heavy (non-hydrogen) atoms. The normalized spacial score (nSPS) is 34.1. The highest BCUT2D eigenvalue weighted by Crippen LogP contribution is 2.65. The van der Waals surface area contributed by atoms with E-state index in [4.69, 9.17) is 4.74 Å². The van der Waals surface area contributed by atoms with Gasteiger partial charge >= 0.3 is 11.9 Å². The average Bonchev–Trinajstić information content (AvgIpc) is 3.24. The molecular formula is C32H41NO6. The number of aliphatic carboxylic acids is 1. The van der Waals surface area contributed by atoms with Gasteiger partial charge in [0.2, 0.25) is 5.91 Å². The number of ketones is 1. The maximum Gasteiger partial charge on any atom is 0.326 e. The smallest absolute Gasteiger partial charge is 0.326 e. The van der Waals surface area contributed by atoms with E-state index in [-0.39, 0.29) is 47.9 Å². The second-order valence-electron chi connectivity index (χ2n) is 12.7. The Morgan fingerprint density at radius 2 is 1.77 bits per heavy atom. The Hall–Kier alpha value is -2.96. The van der Waals surface area contributed by atoms with Crippen LogP contribution < -0.4 is 5.32 Å². The zero-order valence-electron chi connectivity index (χ0n) is 23.1. The van der Waals surface area contributed by atoms with Gasteiger partial charge in [0.25, 0.3) is 0 Å². The molecule has 5 rings (SSSR count). The topological polar surface area (TPSA) is 110 Å². The van der Waals surface area contributed by atoms with Crippen molar-refractivity contribution in [1.29, 1.82) is 0 Å². The minimum atomic E-state index is -1.10. The lowest BCUT2D eigenvalue weighted by Crippen LogP contribution is -2.51. The second kappa shape index (κ2) is 10.9. The number of carboxylic acid groups (broad SMARTS) is 1. The van der Waals surface area contributed by atoms with E-state index in [1.54, 1.807) is 0 Å². The van der Waals surface area contributed by atoms with Crippen molar-refractivity contribution >= 4 is 23.6 Å². The molecule has 1 aromatic carbocycles. The van der Waals surface area contributed by atoms with Gasteiger partial charge in [-0.3, -0.25) is 14.4 Å². The van der Waals surface area contributed by atoms with Gasteiger partial charge in [0.05, 0.1) is 6.42 Å². The molecule has 0 spiro atoms. The van der Waals surface area contributed by atoms with Gasteiger partial charge in [-0.15, -0.1) is 0 Å². The highest BCUT2D eigenvalue weighted by atomic mass is 16.5. The van der Waals surface area contributed by atoms with Crippen molar-refractivity contribution in [3.05, 3.63) is 47.5 Å². The molecule has 1 aromatic rings. The highest BCUT2D eigenvalue weighted by molar-refractivity contribution is 5.91. The first-order valence-electron chi connectivity index (χ1n) is 14.6. The number of hydrogen-bond donors (Lipinski definition) is 2. The molecule has 7 heteroatoms. The third-order valence-electron chi connectivity index (χ3n) is 10.6. The van der Waals surface area contributed by atoms with Gasteiger partial charge in [-0.2, -0.15) is 0 Å². The molecule has 0 aromatic heterocycles. The van der Waals surface area contributed by atoms with Crippen LogP contribution in [0.3, 0.4) is 0 Å². The van der Waals surface area contributed by atoms with Crippen LogP contribution in [-0.4, -0.2) is 40.9 Å². The summed E-state index contributed by atoms with van der Waals surface area (Å²) in [4.78, 5) is 49.1. The third kappa shape index (κ3) is 5.42. The van der Waals surface area contributed by atoms with E-state index in [1.807, 2.05) is 36.4 Å². The molecule has 2 N–H and O–H groups in total. The lowest BCUT2D eigenvalue weighted by Gasteiger charge is -2.57. The van der Waals surface area contributed by atoms with Crippen LogP contribution in [0.15, 0.2) is 42.0 Å². The van der Waals surface area contributed by atoms with Crippen LogP contribution in [0.2, 0.25) is 0 Å². The van der Waals surface area contributed by atoms with Crippen LogP contribution in [0.4, 0.5) is 0 Å². The van der Waals surface area contributed by atoms with Crippen molar-refractivity contribution in [2.75, 3.05) is 0 Å². The number of hydrogen-bond acceptors (Lipinski definition) is 5. The lowest BCUT2D eigenvalue weighted by molar-refractivity contribution is -0.160. The second-order valence-corrected chi connectivity index (χ2v) is 12.7. The van der Waals surface area contributed by atoms with Gasteiger partial charge in [-0.05, 0) is 79.8 Å². The Morgan fingerprint density at radius 1 is 1.00 bits per heavy atom. The summed E-state index contributed by atoms with van der Waals surface area (Å²) in [5.41, 5.74) is 2.23. The number of esters is 1. The van der Waals surface area contributed by atoms with E-state index >= 15 is 0 Å². The van der Waals surface area contributed by atoms with Gasteiger partial charge in [0.1, 0.15) is 12.1 Å². The van der Waals surface area contributed by atoms with Gasteiger partial charge in [-0.25, -0.2) is 4.79 Å². The largest absolute Gasteiger partial charge is 0.480 e. The Bertz CT molecular complexity index is 1160. The van der Waals surface area contributed by atoms with Gasteiger partial charge < -0.3 is 15.2 Å². The molecule has 7 nitrogen and oxygen atoms in total. The number of fused-ring (bicyclic) bond motifs is 5. The molecule has 210 valence electrons. The van der Waals surface area contributed by atoms with E-state index < -0.39 is 17.9 Å². The molecule has 0 aliphatic heterocycles. The Kier molecular flexibility index (Phi) is 7.71. The molecule has 0 bridgehead atoms. The van der Waals surface area contributed by atoms with Gasteiger partial charge in [-0.1, -0.05) is 49.8 Å². The predicted octanol–water partition coefficient (Wildman–Crippen LogP) is 5.02. The summed E-state index contributed by atoms with van der Waals surface area (Å²) in [6.45, 7) is 4.65. The Morgan fingerprint density at radius 3 is 2.51 bits per heavy atom. The van der Waals surface area contributed by atoms with Crippen LogP contribution in [0.5, 0.6) is 0 Å². The SMILES string of the molecule is C[C@]12CC[C@H]3[C@@H](CCC4=CC(=O)CC[C@@]43C)[C@@H]1CC[C@@H]2OC(=O)CCC(=O)N[C@@H](Cc1ccccc1)C(=O)O. The fourth-order valence-electron chi connectivity index (χ4n) is 8.45. The first kappa shape index (κ1) is 27.6. The van der Waals surface area contributed by atoms with Crippen molar-refractivity contribution in [3.8, 4) is 0 Å². The molecule has 1 amide bonds. The van der Waals surface area contributed by atoms with Gasteiger partial charge in [0.15, 0.2) is 5.78 Å². The number of nitrogens with one attached hydrogen (secondary N) is 1. The lowest BCUT2D eigenvalue weighted by atomic mass is 9.47. The molecular weight excluding hydrogens is 494 g/mol. The number of allylic oxidation sites excluding steroid dienone is 1. The molecule has 3 fully saturated rings. The summed E-state index contributed by atoms with van der Waals surface area (Å²) in [7, 11) is 0. The summed E-state index contributed by atoms with van der Waals surface area (Å²) in [6, 6.07) is 8.10. The summed E-state index contributed by atoms with van der Waals surface area (Å²) in [5, 5.41) is 12.1. The first-order chi connectivity index (χ1) is 18.6. The zero-order valence-corrected chi connectivity index (χ0v) is 23.1. The molecule has 0 heterocycles. The Balaban J connectivity index is 1.15. The van der Waals surface area contributed by atoms with Crippen LogP contribution >= 0.6 is 0 Å². The summed E-state index contributed by atoms with van der Waals surface area (Å²) < 4.78 is 6.02. The van der Waals surface area contributed by atoms with E-state index in [2.05, 4.69) is 19.2 Å². The molecule has 0 radical (unpaired) electrons. The summed E-state index contributed by atoms with van der Waals surface area (Å²) >= 11 is 0. The number of carboxylic acids is 1. The van der Waals surface area contributed by atoms with E-state index in [1.165, 1.54) is 5.57 Å². The van der Waals surface area contributed by atoms with E-state index in [9.17, 15) is 24.3 Å². The van der Waals surface area contributed by atoms with Crippen molar-refractivity contribution in [3.63, 3.8) is 0 Å². The van der Waals surface area contributed by atoms with Crippen LogP contribution in [0.1, 0.15) is 83.6 Å². The molecule has 0 unspecified atom stereocenters. The zero-order chi connectivity index (χ0) is 27.8. The monoisotopic (exact) mass is 535 g/mol. The summed E-state index contributed by atoms with van der Waals surface area (Å²) in [5.74, 6) is -0.00180. The molecule has 4 aliphatic carbocycles. The fourth-order valence-corrected chi connectivity index (χ4v) is 8.45. The molecule has 3 saturated carbocycles. The molecule has 4 aliphatic rings. The van der Waals surface area contributed by atoms with Crippen molar-refractivity contribution < 1.29 is 29.0 Å². The maximum atomic E-state index is 12.8. The first-order valence-corrected chi connectivity index (χ1v) is 14.6. The third-order valence-corrected chi connectivity index (χ3v) is 10.6. The number of amides is 1. The number of carbonyl (C=O) groups is 4. The molecule has 0 saturated heterocycles. The van der Waals surface area contributed by atoms with Crippen molar-refractivity contribution in [2.24, 2.45) is 28.6 Å². The minimum Gasteiger partial charge on any atom is -0.480 e. The average molecular weight is 536 g/mol. The quantitative estimate of drug-likeness (QED) is 0.452. The van der Waals surface area contributed by atoms with E-state index in [0.717, 1.165) is 50.5 Å². The number of carbonyl (C=O) groups excluding carboxylic acids is 3. The van der Waals surface area contributed by atoms with E-state index in [0.29, 0.717) is 24.2 Å². The maximum absolute atomic E-state index is 12.8. The van der Waals surface area contributed by atoms with Crippen molar-refractivity contribution in [2.45, 2.75) is 96.6 Å². The highest BCUT2D eigenvalue weighted by Gasteiger charge is 2.59. The standard InChI is InChI=1S/C32H41NO6/c1-31-16-14-22(34)19-21(31)8-9-23-24-10-11-27(32(24,2)17-15-25(23)31)39-29(36)13-12-28(35)33-26(30(37)38)18-20-6-4-3-5-7-20/h3-7,19,23-27H,8-18H2,1-2H3,(H,33,35)(H,37,38)/t23-,24-,25-,26-,27-,31-,32-/m0/s1. The van der Waals surface area contributed by atoms with Crippen LogP contribution in [0.25, 0.3) is 0 Å². The van der Waals surface area contributed by atoms with Crippen LogP contribution in [0, 0.1) is 28.6 Å².